The van der Waals surface area contributed by atoms with Gasteiger partial charge in [-0.15, -0.1) is 11.3 Å². The number of nitrogens with zero attached hydrogens (tertiary/aromatic N) is 2. The van der Waals surface area contributed by atoms with Gasteiger partial charge in [-0.25, -0.2) is 13.8 Å². The van der Waals surface area contributed by atoms with Gasteiger partial charge >= 0.3 is 0 Å². The van der Waals surface area contributed by atoms with Gasteiger partial charge in [0.1, 0.15) is 17.2 Å². The highest BCUT2D eigenvalue weighted by molar-refractivity contribution is 7.13. The SMILES string of the molecule is C=CCO/N=C\c1ccc(-c2ccccc2NC(=O)c2sc(C)nc2C(F)F)cc1. The number of alkyl halides is 2. The molecule has 0 aliphatic rings. The number of rotatable bonds is 8. The minimum atomic E-state index is -2.81. The smallest absolute Gasteiger partial charge is 0.282 e. The van der Waals surface area contributed by atoms with Crippen LogP contribution in [-0.2, 0) is 4.84 Å². The molecule has 0 aliphatic carbocycles. The zero-order chi connectivity index (χ0) is 21.5. The Morgan fingerprint density at radius 2 is 2.00 bits per heavy atom. The zero-order valence-corrected chi connectivity index (χ0v) is 17.0. The third kappa shape index (κ3) is 5.15. The van der Waals surface area contributed by atoms with Crippen LogP contribution >= 0.6 is 11.3 Å². The molecule has 0 atom stereocenters. The van der Waals surface area contributed by atoms with E-state index < -0.39 is 18.0 Å². The van der Waals surface area contributed by atoms with Crippen LogP contribution in [0.5, 0.6) is 0 Å². The fourth-order valence-electron chi connectivity index (χ4n) is 2.72. The fraction of sp³-hybridized carbons (Fsp3) is 0.136. The number of anilines is 1. The third-order valence-electron chi connectivity index (χ3n) is 4.04. The van der Waals surface area contributed by atoms with E-state index in [9.17, 15) is 13.6 Å². The number of nitrogens with one attached hydrogen (secondary N) is 1. The highest BCUT2D eigenvalue weighted by Crippen LogP contribution is 2.31. The van der Waals surface area contributed by atoms with E-state index >= 15 is 0 Å². The zero-order valence-electron chi connectivity index (χ0n) is 16.1. The number of halogens is 2. The Morgan fingerprint density at radius 3 is 2.70 bits per heavy atom. The van der Waals surface area contributed by atoms with Crippen molar-refractivity contribution in [3.8, 4) is 11.1 Å². The minimum Gasteiger partial charge on any atom is -0.392 e. The van der Waals surface area contributed by atoms with Crippen molar-refractivity contribution in [1.82, 2.24) is 4.98 Å². The van der Waals surface area contributed by atoms with Gasteiger partial charge in [0, 0.05) is 11.3 Å². The number of hydrogen-bond donors (Lipinski definition) is 1. The van der Waals surface area contributed by atoms with Crippen LogP contribution in [0.4, 0.5) is 14.5 Å². The first-order valence-corrected chi connectivity index (χ1v) is 9.83. The number of para-hydroxylation sites is 1. The maximum atomic E-state index is 13.2. The number of thiazole rings is 1. The lowest BCUT2D eigenvalue weighted by molar-refractivity contribution is 0.101. The Labute approximate surface area is 176 Å². The lowest BCUT2D eigenvalue weighted by Gasteiger charge is -2.11. The number of amides is 1. The Kier molecular flexibility index (Phi) is 7.03. The van der Waals surface area contributed by atoms with Crippen molar-refractivity contribution in [2.24, 2.45) is 5.16 Å². The van der Waals surface area contributed by atoms with Gasteiger partial charge in [-0.3, -0.25) is 4.79 Å². The summed E-state index contributed by atoms with van der Waals surface area (Å²) in [5, 5.41) is 6.98. The molecule has 0 saturated carbocycles. The molecule has 2 aromatic carbocycles. The van der Waals surface area contributed by atoms with Gasteiger partial charge in [0.2, 0.25) is 0 Å². The van der Waals surface area contributed by atoms with E-state index in [0.29, 0.717) is 17.3 Å². The van der Waals surface area contributed by atoms with E-state index in [2.05, 4.69) is 22.0 Å². The monoisotopic (exact) mass is 427 g/mol. The molecule has 1 aromatic heterocycles. The Bertz CT molecular complexity index is 1060. The summed E-state index contributed by atoms with van der Waals surface area (Å²) in [6.45, 7) is 5.46. The molecule has 1 N–H and O–H groups in total. The van der Waals surface area contributed by atoms with Crippen molar-refractivity contribution < 1.29 is 18.4 Å². The lowest BCUT2D eigenvalue weighted by atomic mass is 10.0. The van der Waals surface area contributed by atoms with Gasteiger partial charge in [-0.2, -0.15) is 0 Å². The van der Waals surface area contributed by atoms with Crippen molar-refractivity contribution in [2.75, 3.05) is 11.9 Å². The first kappa shape index (κ1) is 21.3. The molecule has 0 fully saturated rings. The van der Waals surface area contributed by atoms with E-state index in [1.807, 2.05) is 36.4 Å². The van der Waals surface area contributed by atoms with Crippen LogP contribution < -0.4 is 5.32 Å². The molecule has 0 unspecified atom stereocenters. The number of oxime groups is 1. The second kappa shape index (κ2) is 9.89. The molecule has 1 amide bonds. The quantitative estimate of drug-likeness (QED) is 0.212. The van der Waals surface area contributed by atoms with Crippen LogP contribution in [-0.4, -0.2) is 23.7 Å². The molecular weight excluding hydrogens is 408 g/mol. The maximum absolute atomic E-state index is 13.2. The molecule has 0 radical (unpaired) electrons. The van der Waals surface area contributed by atoms with Gasteiger partial charge in [-0.1, -0.05) is 60.3 Å². The molecule has 0 saturated heterocycles. The van der Waals surface area contributed by atoms with Gasteiger partial charge in [0.05, 0.1) is 11.2 Å². The summed E-state index contributed by atoms with van der Waals surface area (Å²) in [7, 11) is 0. The summed E-state index contributed by atoms with van der Waals surface area (Å²) in [5.74, 6) is -0.605. The minimum absolute atomic E-state index is 0.0802. The normalized spacial score (nSPS) is 11.1. The molecular formula is C22H19F2N3O2S. The van der Waals surface area contributed by atoms with Crippen molar-refractivity contribution in [1.29, 1.82) is 0 Å². The second-order valence-electron chi connectivity index (χ2n) is 6.19. The average molecular weight is 427 g/mol. The van der Waals surface area contributed by atoms with E-state index in [0.717, 1.165) is 28.0 Å². The predicted octanol–water partition coefficient (Wildman–Crippen LogP) is 5.84. The molecule has 5 nitrogen and oxygen atoms in total. The first-order valence-electron chi connectivity index (χ1n) is 9.02. The maximum Gasteiger partial charge on any atom is 0.282 e. The molecule has 3 aromatic rings. The Hall–Kier alpha value is -3.39. The van der Waals surface area contributed by atoms with Gasteiger partial charge in [-0.05, 0) is 24.1 Å². The first-order chi connectivity index (χ1) is 14.5. The van der Waals surface area contributed by atoms with Crippen molar-refractivity contribution in [3.63, 3.8) is 0 Å². The van der Waals surface area contributed by atoms with E-state index in [4.69, 9.17) is 4.84 Å². The van der Waals surface area contributed by atoms with Crippen molar-refractivity contribution in [3.05, 3.63) is 82.3 Å². The van der Waals surface area contributed by atoms with Crippen molar-refractivity contribution in [2.45, 2.75) is 13.3 Å². The van der Waals surface area contributed by atoms with Crippen LogP contribution in [0, 0.1) is 6.92 Å². The van der Waals surface area contributed by atoms with Crippen LogP contribution in [0.25, 0.3) is 11.1 Å². The topological polar surface area (TPSA) is 63.6 Å². The molecule has 8 heteroatoms. The van der Waals surface area contributed by atoms with Gasteiger partial charge in [0.25, 0.3) is 12.3 Å². The molecule has 0 spiro atoms. The molecule has 1 heterocycles. The fourth-order valence-corrected chi connectivity index (χ4v) is 3.54. The Morgan fingerprint density at radius 1 is 1.27 bits per heavy atom. The molecule has 154 valence electrons. The average Bonchev–Trinajstić information content (AvgIpc) is 3.14. The van der Waals surface area contributed by atoms with Crippen LogP contribution in [0.2, 0.25) is 0 Å². The van der Waals surface area contributed by atoms with Crippen LogP contribution in [0.15, 0.2) is 66.3 Å². The van der Waals surface area contributed by atoms with Crippen LogP contribution in [0.3, 0.4) is 0 Å². The summed E-state index contributed by atoms with van der Waals surface area (Å²) in [6, 6.07) is 14.6. The summed E-state index contributed by atoms with van der Waals surface area (Å²) >= 11 is 0.949. The molecule has 0 bridgehead atoms. The van der Waals surface area contributed by atoms with Crippen molar-refractivity contribution >= 4 is 29.1 Å². The summed E-state index contributed by atoms with van der Waals surface area (Å²) in [6.07, 6.45) is 0.373. The van der Waals surface area contributed by atoms with E-state index in [-0.39, 0.29) is 4.88 Å². The van der Waals surface area contributed by atoms with E-state index in [1.54, 1.807) is 31.3 Å². The van der Waals surface area contributed by atoms with Crippen LogP contribution in [0.1, 0.15) is 32.4 Å². The molecule has 3 rings (SSSR count). The Balaban J connectivity index is 1.82. The number of benzene rings is 2. The second-order valence-corrected chi connectivity index (χ2v) is 7.39. The van der Waals surface area contributed by atoms with Gasteiger partial charge in [0.15, 0.2) is 0 Å². The molecule has 0 aliphatic heterocycles. The van der Waals surface area contributed by atoms with Gasteiger partial charge < -0.3 is 10.2 Å². The summed E-state index contributed by atoms with van der Waals surface area (Å²) < 4.78 is 26.4. The molecule has 30 heavy (non-hydrogen) atoms. The summed E-state index contributed by atoms with van der Waals surface area (Å²) in [5.41, 5.74) is 2.48. The largest absolute Gasteiger partial charge is 0.392 e. The number of aryl methyl sites for hydroxylation is 1. The lowest BCUT2D eigenvalue weighted by Crippen LogP contribution is -2.13. The predicted molar refractivity (Wildman–Crippen MR) is 115 cm³/mol. The number of carbonyl (C=O) groups is 1. The third-order valence-corrected chi connectivity index (χ3v) is 5.02. The summed E-state index contributed by atoms with van der Waals surface area (Å²) in [4.78, 5) is 21.3. The number of hydrogen-bond acceptors (Lipinski definition) is 5. The van der Waals surface area contributed by atoms with E-state index in [1.165, 1.54) is 0 Å². The highest BCUT2D eigenvalue weighted by Gasteiger charge is 2.24. The standard InChI is InChI=1S/C22H19F2N3O2S/c1-3-12-29-25-13-15-8-10-16(11-9-15)17-6-4-5-7-18(17)27-22(28)20-19(21(23)24)26-14(2)30-20/h3-11,13,21H,1,12H2,2H3,(H,27,28)/b25-13-. The highest BCUT2D eigenvalue weighted by atomic mass is 32.1. The number of carbonyl (C=O) groups excluding carboxylic acids is 1. The number of aromatic nitrogens is 1.